The number of ether oxygens (including phenoxy) is 1. The van der Waals surface area contributed by atoms with Crippen LogP contribution in [0, 0.1) is 5.82 Å². The molecule has 2 atom stereocenters. The van der Waals surface area contributed by atoms with Crippen LogP contribution < -0.4 is 0 Å². The Hall–Kier alpha value is -2.18. The minimum absolute atomic E-state index is 0.114. The number of rotatable bonds is 10. The van der Waals surface area contributed by atoms with Crippen molar-refractivity contribution >= 4 is 5.97 Å². The Balaban J connectivity index is 2.28. The zero-order valence-corrected chi connectivity index (χ0v) is 18.6. The van der Waals surface area contributed by atoms with Crippen LogP contribution in [-0.2, 0) is 16.0 Å². The molecule has 0 saturated heterocycles. The number of carbonyl (C=O) groups excluding carboxylic acids is 1. The second kappa shape index (κ2) is 10.7. The van der Waals surface area contributed by atoms with Gasteiger partial charge >= 0.3 is 5.97 Å². The molecule has 0 spiro atoms. The molecule has 6 heteroatoms. The monoisotopic (exact) mass is 419 g/mol. The van der Waals surface area contributed by atoms with Crippen molar-refractivity contribution < 1.29 is 24.1 Å². The number of aliphatic hydroxyl groups excluding tert-OH is 2. The fourth-order valence-corrected chi connectivity index (χ4v) is 3.90. The lowest BCUT2D eigenvalue weighted by Crippen LogP contribution is -2.22. The largest absolute Gasteiger partial charge is 0.469 e. The van der Waals surface area contributed by atoms with E-state index in [2.05, 4.69) is 43.2 Å². The SMILES string of the molecule is COC(=O)CC(O)CC(O)CCc1c(-c2ccc(F)cc2)cn(C(C)C)c1C(C)C. The molecule has 0 saturated carbocycles. The lowest BCUT2D eigenvalue weighted by Gasteiger charge is -2.19. The Morgan fingerprint density at radius 3 is 2.27 bits per heavy atom. The van der Waals surface area contributed by atoms with E-state index in [9.17, 15) is 19.4 Å². The number of benzene rings is 1. The average Bonchev–Trinajstić information content (AvgIpc) is 3.06. The molecule has 2 aromatic rings. The minimum Gasteiger partial charge on any atom is -0.469 e. The first-order valence-electron chi connectivity index (χ1n) is 10.6. The molecule has 0 bridgehead atoms. The third-order valence-electron chi connectivity index (χ3n) is 5.34. The highest BCUT2D eigenvalue weighted by molar-refractivity contribution is 5.70. The molecule has 0 fully saturated rings. The molecular weight excluding hydrogens is 385 g/mol. The number of methoxy groups -OCH3 is 1. The number of hydrogen-bond acceptors (Lipinski definition) is 4. The summed E-state index contributed by atoms with van der Waals surface area (Å²) in [6.45, 7) is 8.54. The molecule has 0 aliphatic carbocycles. The highest BCUT2D eigenvalue weighted by Crippen LogP contribution is 2.35. The average molecular weight is 420 g/mol. The van der Waals surface area contributed by atoms with Crippen molar-refractivity contribution in [3.05, 3.63) is 47.5 Å². The van der Waals surface area contributed by atoms with Crippen molar-refractivity contribution in [1.29, 1.82) is 0 Å². The van der Waals surface area contributed by atoms with Gasteiger partial charge in [0, 0.05) is 23.5 Å². The summed E-state index contributed by atoms with van der Waals surface area (Å²) in [7, 11) is 1.27. The number of nitrogens with zero attached hydrogens (tertiary/aromatic N) is 1. The maximum absolute atomic E-state index is 13.4. The van der Waals surface area contributed by atoms with Crippen molar-refractivity contribution in [2.24, 2.45) is 0 Å². The first kappa shape index (κ1) is 24.1. The zero-order valence-electron chi connectivity index (χ0n) is 18.6. The van der Waals surface area contributed by atoms with Crippen LogP contribution >= 0.6 is 0 Å². The zero-order chi connectivity index (χ0) is 22.4. The second-order valence-electron chi connectivity index (χ2n) is 8.43. The summed E-state index contributed by atoms with van der Waals surface area (Å²) in [5.41, 5.74) is 4.31. The van der Waals surface area contributed by atoms with E-state index in [4.69, 9.17) is 0 Å². The van der Waals surface area contributed by atoms with Crippen molar-refractivity contribution in [2.45, 2.75) is 77.5 Å². The smallest absolute Gasteiger partial charge is 0.308 e. The molecule has 5 nitrogen and oxygen atoms in total. The fourth-order valence-electron chi connectivity index (χ4n) is 3.90. The molecule has 0 aliphatic rings. The predicted molar refractivity (Wildman–Crippen MR) is 116 cm³/mol. The third kappa shape index (κ3) is 6.16. The molecular formula is C24H34FNO4. The summed E-state index contributed by atoms with van der Waals surface area (Å²) < 4.78 is 20.2. The quantitative estimate of drug-likeness (QED) is 0.552. The topological polar surface area (TPSA) is 71.7 Å². The van der Waals surface area contributed by atoms with Crippen LogP contribution in [0.15, 0.2) is 30.5 Å². The Bertz CT molecular complexity index is 826. The summed E-state index contributed by atoms with van der Waals surface area (Å²) in [6.07, 6.45) is 1.49. The second-order valence-corrected chi connectivity index (χ2v) is 8.43. The maximum atomic E-state index is 13.4. The van der Waals surface area contributed by atoms with E-state index in [0.717, 1.165) is 16.7 Å². The number of hydrogen-bond donors (Lipinski definition) is 2. The molecule has 0 aliphatic heterocycles. The van der Waals surface area contributed by atoms with Crippen molar-refractivity contribution in [3.63, 3.8) is 0 Å². The molecule has 1 heterocycles. The molecule has 30 heavy (non-hydrogen) atoms. The summed E-state index contributed by atoms with van der Waals surface area (Å²) in [6, 6.07) is 6.73. The Morgan fingerprint density at radius 1 is 1.10 bits per heavy atom. The first-order chi connectivity index (χ1) is 14.1. The Kier molecular flexibility index (Phi) is 8.62. The third-order valence-corrected chi connectivity index (χ3v) is 5.34. The molecule has 1 aromatic heterocycles. The minimum atomic E-state index is -0.936. The summed E-state index contributed by atoms with van der Waals surface area (Å²) in [4.78, 5) is 11.3. The van der Waals surface area contributed by atoms with Gasteiger partial charge in [0.25, 0.3) is 0 Å². The number of esters is 1. The van der Waals surface area contributed by atoms with Crippen LogP contribution in [-0.4, -0.2) is 40.1 Å². The predicted octanol–water partition coefficient (Wildman–Crippen LogP) is 4.61. The van der Waals surface area contributed by atoms with Crippen LogP contribution in [0.3, 0.4) is 0 Å². The lowest BCUT2D eigenvalue weighted by molar-refractivity contribution is -0.143. The van der Waals surface area contributed by atoms with Gasteiger partial charge in [-0.3, -0.25) is 4.79 Å². The highest BCUT2D eigenvalue weighted by Gasteiger charge is 2.22. The van der Waals surface area contributed by atoms with Crippen LogP contribution in [0.25, 0.3) is 11.1 Å². The van der Waals surface area contributed by atoms with E-state index in [0.29, 0.717) is 12.8 Å². The van der Waals surface area contributed by atoms with E-state index < -0.39 is 18.2 Å². The summed E-state index contributed by atoms with van der Waals surface area (Å²) >= 11 is 0. The van der Waals surface area contributed by atoms with Gasteiger partial charge in [-0.2, -0.15) is 0 Å². The van der Waals surface area contributed by atoms with Gasteiger partial charge in [-0.25, -0.2) is 4.39 Å². The van der Waals surface area contributed by atoms with Gasteiger partial charge in [0.15, 0.2) is 0 Å². The maximum Gasteiger partial charge on any atom is 0.308 e. The van der Waals surface area contributed by atoms with Crippen molar-refractivity contribution in [3.8, 4) is 11.1 Å². The molecule has 166 valence electrons. The van der Waals surface area contributed by atoms with Crippen LogP contribution in [0.2, 0.25) is 0 Å². The standard InChI is InChI=1S/C24H34FNO4/c1-15(2)24-21(11-10-19(27)12-20(28)13-23(29)30-5)22(14-26(24)16(3)4)17-6-8-18(25)9-7-17/h6-9,14-16,19-20,27-28H,10-13H2,1-5H3. The molecule has 2 unspecified atom stereocenters. The molecule has 0 amide bonds. The lowest BCUT2D eigenvalue weighted by atomic mass is 9.93. The van der Waals surface area contributed by atoms with Gasteiger partial charge in [-0.1, -0.05) is 26.0 Å². The van der Waals surface area contributed by atoms with E-state index in [1.165, 1.54) is 24.9 Å². The van der Waals surface area contributed by atoms with E-state index >= 15 is 0 Å². The van der Waals surface area contributed by atoms with Crippen LogP contribution in [0.1, 0.15) is 70.2 Å². The normalized spacial score (nSPS) is 13.7. The number of aromatic nitrogens is 1. The van der Waals surface area contributed by atoms with Crippen LogP contribution in [0.4, 0.5) is 4.39 Å². The summed E-state index contributed by atoms with van der Waals surface area (Å²) in [5.74, 6) is -0.495. The van der Waals surface area contributed by atoms with E-state index in [1.807, 2.05) is 0 Å². The fraction of sp³-hybridized carbons (Fsp3) is 0.542. The van der Waals surface area contributed by atoms with Gasteiger partial charge in [0.2, 0.25) is 0 Å². The van der Waals surface area contributed by atoms with Crippen molar-refractivity contribution in [1.82, 2.24) is 4.57 Å². The Labute approximate surface area is 178 Å². The van der Waals surface area contributed by atoms with Gasteiger partial charge < -0.3 is 19.5 Å². The van der Waals surface area contributed by atoms with E-state index in [1.54, 1.807) is 12.1 Å². The van der Waals surface area contributed by atoms with Gasteiger partial charge in [-0.15, -0.1) is 0 Å². The first-order valence-corrected chi connectivity index (χ1v) is 10.6. The number of carbonyl (C=O) groups is 1. The molecule has 2 N–H and O–H groups in total. The number of halogens is 1. The number of aliphatic hydroxyl groups is 2. The summed E-state index contributed by atoms with van der Waals surface area (Å²) in [5, 5.41) is 20.4. The van der Waals surface area contributed by atoms with Crippen LogP contribution in [0.5, 0.6) is 0 Å². The molecule has 1 aromatic carbocycles. The Morgan fingerprint density at radius 2 is 1.73 bits per heavy atom. The van der Waals surface area contributed by atoms with Gasteiger partial charge in [-0.05, 0) is 62.3 Å². The highest BCUT2D eigenvalue weighted by atomic mass is 19.1. The van der Waals surface area contributed by atoms with Gasteiger partial charge in [0.1, 0.15) is 5.82 Å². The van der Waals surface area contributed by atoms with Gasteiger partial charge in [0.05, 0.1) is 25.7 Å². The molecule has 0 radical (unpaired) electrons. The molecule has 2 rings (SSSR count). The van der Waals surface area contributed by atoms with Crippen molar-refractivity contribution in [2.75, 3.05) is 7.11 Å². The van der Waals surface area contributed by atoms with E-state index in [-0.39, 0.29) is 30.6 Å².